The average Bonchev–Trinajstić information content (AvgIpc) is 3.39. The highest BCUT2D eigenvalue weighted by molar-refractivity contribution is 6.05. The first kappa shape index (κ1) is 22.8. The van der Waals surface area contributed by atoms with Crippen LogP contribution in [0.2, 0.25) is 0 Å². The molecule has 9 nitrogen and oxygen atoms in total. The third-order valence-electron chi connectivity index (χ3n) is 6.18. The minimum absolute atomic E-state index is 0.207. The average molecular weight is 469 g/mol. The SMILES string of the molecule is Cc1ccc(-c2cnc(C(=O)N(c3ccc(C)cc3)N3CCCCC3)c(Cn3cnnn3)n2)cc1. The van der Waals surface area contributed by atoms with E-state index in [4.69, 9.17) is 4.98 Å². The number of hydrogen-bond acceptors (Lipinski definition) is 7. The monoisotopic (exact) mass is 468 g/mol. The van der Waals surface area contributed by atoms with E-state index in [9.17, 15) is 4.79 Å². The molecule has 0 spiro atoms. The normalized spacial score (nSPS) is 14.1. The number of carbonyl (C=O) groups excluding carboxylic acids is 1. The summed E-state index contributed by atoms with van der Waals surface area (Å²) >= 11 is 0. The lowest BCUT2D eigenvalue weighted by Gasteiger charge is -2.37. The first-order chi connectivity index (χ1) is 17.1. The highest BCUT2D eigenvalue weighted by atomic mass is 16.2. The maximum atomic E-state index is 14.1. The highest BCUT2D eigenvalue weighted by Gasteiger charge is 2.29. The number of aromatic nitrogens is 6. The van der Waals surface area contributed by atoms with Crippen molar-refractivity contribution >= 4 is 11.6 Å². The minimum Gasteiger partial charge on any atom is -0.265 e. The topological polar surface area (TPSA) is 92.9 Å². The molecule has 5 rings (SSSR count). The summed E-state index contributed by atoms with van der Waals surface area (Å²) in [4.78, 5) is 23.6. The second-order valence-electron chi connectivity index (χ2n) is 8.89. The molecule has 0 radical (unpaired) electrons. The lowest BCUT2D eigenvalue weighted by Crippen LogP contribution is -2.49. The van der Waals surface area contributed by atoms with Crippen molar-refractivity contribution in [3.63, 3.8) is 0 Å². The van der Waals surface area contributed by atoms with Gasteiger partial charge in [-0.3, -0.25) is 4.79 Å². The first-order valence-corrected chi connectivity index (χ1v) is 11.9. The van der Waals surface area contributed by atoms with E-state index in [2.05, 4.69) is 25.5 Å². The Morgan fingerprint density at radius 3 is 2.29 bits per heavy atom. The number of rotatable bonds is 6. The van der Waals surface area contributed by atoms with Gasteiger partial charge in [-0.25, -0.2) is 24.7 Å². The van der Waals surface area contributed by atoms with Crippen LogP contribution < -0.4 is 5.01 Å². The number of piperidine rings is 1. The Hall–Kier alpha value is -3.98. The Labute approximate surface area is 204 Å². The van der Waals surface area contributed by atoms with Crippen LogP contribution in [-0.2, 0) is 6.54 Å². The summed E-state index contributed by atoms with van der Waals surface area (Å²) in [5.41, 5.74) is 5.58. The predicted octanol–water partition coefficient (Wildman–Crippen LogP) is 3.84. The molecular formula is C26H28N8O. The fourth-order valence-corrected chi connectivity index (χ4v) is 4.26. The van der Waals surface area contributed by atoms with Gasteiger partial charge in [0, 0.05) is 18.7 Å². The molecule has 1 saturated heterocycles. The second-order valence-corrected chi connectivity index (χ2v) is 8.89. The summed E-state index contributed by atoms with van der Waals surface area (Å²) in [6.07, 6.45) is 6.44. The molecule has 0 aliphatic carbocycles. The zero-order valence-corrected chi connectivity index (χ0v) is 20.0. The number of carbonyl (C=O) groups is 1. The molecule has 0 saturated carbocycles. The van der Waals surface area contributed by atoms with Crippen LogP contribution in [0.4, 0.5) is 5.69 Å². The molecule has 35 heavy (non-hydrogen) atoms. The molecule has 178 valence electrons. The Balaban J connectivity index is 1.57. The van der Waals surface area contributed by atoms with Gasteiger partial charge in [0.2, 0.25) is 0 Å². The molecule has 0 N–H and O–H groups in total. The minimum atomic E-state index is -0.207. The maximum Gasteiger partial charge on any atom is 0.293 e. The van der Waals surface area contributed by atoms with Crippen molar-refractivity contribution < 1.29 is 4.79 Å². The summed E-state index contributed by atoms with van der Waals surface area (Å²) in [6, 6.07) is 16.1. The second kappa shape index (κ2) is 10.1. The van der Waals surface area contributed by atoms with Crippen LogP contribution in [0.5, 0.6) is 0 Å². The molecule has 1 aliphatic heterocycles. The van der Waals surface area contributed by atoms with E-state index >= 15 is 0 Å². The van der Waals surface area contributed by atoms with Crippen LogP contribution in [-0.4, -0.2) is 54.2 Å². The number of benzene rings is 2. The third kappa shape index (κ3) is 5.09. The third-order valence-corrected chi connectivity index (χ3v) is 6.18. The van der Waals surface area contributed by atoms with Gasteiger partial charge in [-0.2, -0.15) is 0 Å². The zero-order valence-electron chi connectivity index (χ0n) is 20.0. The van der Waals surface area contributed by atoms with E-state index in [0.717, 1.165) is 48.3 Å². The van der Waals surface area contributed by atoms with Crippen molar-refractivity contribution in [2.24, 2.45) is 0 Å². The van der Waals surface area contributed by atoms with Crippen molar-refractivity contribution in [2.75, 3.05) is 18.1 Å². The molecule has 0 bridgehead atoms. The number of amides is 1. The zero-order chi connectivity index (χ0) is 24.2. The number of hydrogen-bond donors (Lipinski definition) is 0. The molecule has 2 aromatic heterocycles. The predicted molar refractivity (Wildman–Crippen MR) is 133 cm³/mol. The maximum absolute atomic E-state index is 14.1. The summed E-state index contributed by atoms with van der Waals surface area (Å²) in [6.45, 7) is 5.95. The molecule has 0 atom stereocenters. The van der Waals surface area contributed by atoms with Gasteiger partial charge in [-0.1, -0.05) is 53.9 Å². The van der Waals surface area contributed by atoms with Gasteiger partial charge in [0.05, 0.1) is 29.8 Å². The van der Waals surface area contributed by atoms with Gasteiger partial charge in [0.15, 0.2) is 5.69 Å². The van der Waals surface area contributed by atoms with Crippen LogP contribution in [0.25, 0.3) is 11.3 Å². The van der Waals surface area contributed by atoms with Crippen molar-refractivity contribution in [1.82, 2.24) is 35.2 Å². The van der Waals surface area contributed by atoms with Crippen molar-refractivity contribution in [3.8, 4) is 11.3 Å². The van der Waals surface area contributed by atoms with Gasteiger partial charge in [0.1, 0.15) is 6.33 Å². The Morgan fingerprint density at radius 1 is 0.943 bits per heavy atom. The lowest BCUT2D eigenvalue weighted by molar-refractivity contribution is 0.0866. The summed E-state index contributed by atoms with van der Waals surface area (Å²) < 4.78 is 1.55. The van der Waals surface area contributed by atoms with Crippen molar-refractivity contribution in [1.29, 1.82) is 0 Å². The van der Waals surface area contributed by atoms with E-state index in [1.165, 1.54) is 12.7 Å². The van der Waals surface area contributed by atoms with Gasteiger partial charge in [0.25, 0.3) is 5.91 Å². The molecule has 4 aromatic rings. The fraction of sp³-hybridized carbons (Fsp3) is 0.308. The Bertz CT molecular complexity index is 1280. The van der Waals surface area contributed by atoms with Crippen molar-refractivity contribution in [3.05, 3.63) is 83.6 Å². The fourth-order valence-electron chi connectivity index (χ4n) is 4.26. The molecule has 0 unspecified atom stereocenters. The van der Waals surface area contributed by atoms with Gasteiger partial charge >= 0.3 is 0 Å². The van der Waals surface area contributed by atoms with E-state index in [0.29, 0.717) is 17.1 Å². The summed E-state index contributed by atoms with van der Waals surface area (Å²) in [5, 5.41) is 15.3. The van der Waals surface area contributed by atoms with Crippen LogP contribution in [0, 0.1) is 13.8 Å². The highest BCUT2D eigenvalue weighted by Crippen LogP contribution is 2.25. The molecule has 1 amide bonds. The van der Waals surface area contributed by atoms with Crippen LogP contribution in [0.1, 0.15) is 46.6 Å². The van der Waals surface area contributed by atoms with Gasteiger partial charge in [-0.05, 0) is 49.2 Å². The van der Waals surface area contributed by atoms with E-state index < -0.39 is 0 Å². The molecular weight excluding hydrogens is 440 g/mol. The molecule has 1 aliphatic rings. The first-order valence-electron chi connectivity index (χ1n) is 11.9. The number of hydrazine groups is 1. The molecule has 9 heteroatoms. The quantitative estimate of drug-likeness (QED) is 0.424. The summed E-state index contributed by atoms with van der Waals surface area (Å²) in [7, 11) is 0. The van der Waals surface area contributed by atoms with E-state index in [1.807, 2.05) is 62.4 Å². The largest absolute Gasteiger partial charge is 0.293 e. The smallest absolute Gasteiger partial charge is 0.265 e. The standard InChI is InChI=1S/C26H28N8O/c1-19-6-10-21(11-7-19)23-16-27-25(24(29-23)17-32-18-28-30-31-32)26(35)34(33-14-4-3-5-15-33)22-12-8-20(2)9-13-22/h6-13,16,18H,3-5,14-15,17H2,1-2H3. The number of nitrogens with zero attached hydrogens (tertiary/aromatic N) is 8. The lowest BCUT2D eigenvalue weighted by atomic mass is 10.1. The number of tetrazole rings is 1. The van der Waals surface area contributed by atoms with Crippen LogP contribution in [0.3, 0.4) is 0 Å². The molecule has 1 fully saturated rings. The molecule has 2 aromatic carbocycles. The van der Waals surface area contributed by atoms with Gasteiger partial charge in [-0.15, -0.1) is 5.10 Å². The van der Waals surface area contributed by atoms with E-state index in [1.54, 1.807) is 15.9 Å². The summed E-state index contributed by atoms with van der Waals surface area (Å²) in [5.74, 6) is -0.207. The number of aryl methyl sites for hydroxylation is 2. The van der Waals surface area contributed by atoms with Crippen LogP contribution in [0.15, 0.2) is 61.1 Å². The van der Waals surface area contributed by atoms with Crippen LogP contribution >= 0.6 is 0 Å². The van der Waals surface area contributed by atoms with E-state index in [-0.39, 0.29) is 12.5 Å². The molecule has 3 heterocycles. The van der Waals surface area contributed by atoms with Gasteiger partial charge < -0.3 is 0 Å². The Kier molecular flexibility index (Phi) is 6.58. The number of anilines is 1. The Morgan fingerprint density at radius 2 is 1.63 bits per heavy atom. The van der Waals surface area contributed by atoms with Crippen molar-refractivity contribution in [2.45, 2.75) is 39.7 Å².